The standard InChI is InChI=1S/C12H19NO2S/c1-5-6-8-10(11(14)15)16-9(13-8)7-12(2,3)4/h5-7H2,1-4H3,(H,14,15). The summed E-state index contributed by atoms with van der Waals surface area (Å²) in [5, 5.41) is 10.0. The minimum absolute atomic E-state index is 0.150. The van der Waals surface area contributed by atoms with Crippen LogP contribution in [0.15, 0.2) is 0 Å². The van der Waals surface area contributed by atoms with E-state index in [9.17, 15) is 4.79 Å². The van der Waals surface area contributed by atoms with Crippen LogP contribution in [0.1, 0.15) is 54.5 Å². The smallest absolute Gasteiger partial charge is 0.347 e. The molecule has 1 heterocycles. The van der Waals surface area contributed by atoms with Crippen molar-refractivity contribution in [3.8, 4) is 0 Å². The molecular formula is C12H19NO2S. The van der Waals surface area contributed by atoms with Crippen molar-refractivity contribution in [2.75, 3.05) is 0 Å². The van der Waals surface area contributed by atoms with E-state index in [1.54, 1.807) is 0 Å². The van der Waals surface area contributed by atoms with Crippen molar-refractivity contribution in [2.24, 2.45) is 5.41 Å². The van der Waals surface area contributed by atoms with E-state index in [1.165, 1.54) is 11.3 Å². The first-order chi connectivity index (χ1) is 7.33. The lowest BCUT2D eigenvalue weighted by Gasteiger charge is -2.15. The summed E-state index contributed by atoms with van der Waals surface area (Å²) < 4.78 is 0. The third-order valence-corrected chi connectivity index (χ3v) is 3.19. The van der Waals surface area contributed by atoms with Crippen molar-refractivity contribution in [3.05, 3.63) is 15.6 Å². The van der Waals surface area contributed by atoms with Gasteiger partial charge in [0.25, 0.3) is 0 Å². The van der Waals surface area contributed by atoms with E-state index in [4.69, 9.17) is 5.11 Å². The topological polar surface area (TPSA) is 50.2 Å². The predicted octanol–water partition coefficient (Wildman–Crippen LogP) is 3.38. The number of rotatable bonds is 4. The molecule has 0 aromatic carbocycles. The zero-order valence-electron chi connectivity index (χ0n) is 10.3. The molecule has 0 saturated carbocycles. The molecule has 1 rings (SSSR count). The summed E-state index contributed by atoms with van der Waals surface area (Å²) >= 11 is 1.32. The molecule has 16 heavy (non-hydrogen) atoms. The van der Waals surface area contributed by atoms with Gasteiger partial charge in [-0.1, -0.05) is 34.1 Å². The van der Waals surface area contributed by atoms with Gasteiger partial charge in [-0.15, -0.1) is 11.3 Å². The van der Waals surface area contributed by atoms with Crippen molar-refractivity contribution in [3.63, 3.8) is 0 Å². The van der Waals surface area contributed by atoms with Crippen LogP contribution in [0.4, 0.5) is 0 Å². The van der Waals surface area contributed by atoms with Crippen molar-refractivity contribution in [1.29, 1.82) is 0 Å². The van der Waals surface area contributed by atoms with Crippen molar-refractivity contribution >= 4 is 17.3 Å². The average molecular weight is 241 g/mol. The summed E-state index contributed by atoms with van der Waals surface area (Å²) in [7, 11) is 0. The van der Waals surface area contributed by atoms with Crippen molar-refractivity contribution < 1.29 is 9.90 Å². The fraction of sp³-hybridized carbons (Fsp3) is 0.667. The Morgan fingerprint density at radius 2 is 2.06 bits per heavy atom. The first kappa shape index (κ1) is 13.2. The summed E-state index contributed by atoms with van der Waals surface area (Å²) in [5.74, 6) is -0.846. The van der Waals surface area contributed by atoms with Gasteiger partial charge >= 0.3 is 5.97 Å². The number of aryl methyl sites for hydroxylation is 1. The number of nitrogens with zero attached hydrogens (tertiary/aromatic N) is 1. The molecule has 90 valence electrons. The maximum Gasteiger partial charge on any atom is 0.347 e. The van der Waals surface area contributed by atoms with E-state index >= 15 is 0 Å². The molecule has 1 N–H and O–H groups in total. The summed E-state index contributed by atoms with van der Waals surface area (Å²) in [6.07, 6.45) is 2.52. The number of aromatic nitrogens is 1. The fourth-order valence-electron chi connectivity index (χ4n) is 1.50. The number of carbonyl (C=O) groups is 1. The third kappa shape index (κ3) is 3.59. The molecule has 4 heteroatoms. The first-order valence-electron chi connectivity index (χ1n) is 5.55. The molecule has 0 radical (unpaired) electrons. The molecule has 0 bridgehead atoms. The van der Waals surface area contributed by atoms with Gasteiger partial charge in [0.1, 0.15) is 4.88 Å². The monoisotopic (exact) mass is 241 g/mol. The molecule has 0 aliphatic carbocycles. The molecular weight excluding hydrogens is 222 g/mol. The maximum atomic E-state index is 11.0. The van der Waals surface area contributed by atoms with Gasteiger partial charge in [-0.25, -0.2) is 9.78 Å². The van der Waals surface area contributed by atoms with E-state index in [0.29, 0.717) is 4.88 Å². The molecule has 0 atom stereocenters. The van der Waals surface area contributed by atoms with Crippen LogP contribution in [-0.4, -0.2) is 16.1 Å². The molecule has 0 spiro atoms. The largest absolute Gasteiger partial charge is 0.477 e. The summed E-state index contributed by atoms with van der Waals surface area (Å²) in [4.78, 5) is 15.9. The molecule has 0 saturated heterocycles. The Labute approximate surface area is 101 Å². The predicted molar refractivity (Wildman–Crippen MR) is 66.2 cm³/mol. The van der Waals surface area contributed by atoms with Crippen LogP contribution in [0.5, 0.6) is 0 Å². The van der Waals surface area contributed by atoms with Gasteiger partial charge < -0.3 is 5.11 Å². The van der Waals surface area contributed by atoms with Crippen LogP contribution < -0.4 is 0 Å². The van der Waals surface area contributed by atoms with Gasteiger partial charge in [0.15, 0.2) is 0 Å². The Bertz CT molecular complexity index is 377. The highest BCUT2D eigenvalue weighted by atomic mass is 32.1. The molecule has 3 nitrogen and oxygen atoms in total. The molecule has 1 aromatic rings. The summed E-state index contributed by atoms with van der Waals surface area (Å²) in [6, 6.07) is 0. The van der Waals surface area contributed by atoms with Gasteiger partial charge in [0.05, 0.1) is 10.7 Å². The first-order valence-corrected chi connectivity index (χ1v) is 6.37. The van der Waals surface area contributed by atoms with Gasteiger partial charge in [-0.05, 0) is 11.8 Å². The normalized spacial score (nSPS) is 11.8. The number of hydrogen-bond donors (Lipinski definition) is 1. The fourth-order valence-corrected chi connectivity index (χ4v) is 2.75. The Balaban J connectivity index is 2.97. The number of hydrogen-bond acceptors (Lipinski definition) is 3. The van der Waals surface area contributed by atoms with Crippen LogP contribution in [0.25, 0.3) is 0 Å². The minimum Gasteiger partial charge on any atom is -0.477 e. The average Bonchev–Trinajstić information content (AvgIpc) is 2.45. The zero-order valence-corrected chi connectivity index (χ0v) is 11.1. The van der Waals surface area contributed by atoms with Crippen molar-refractivity contribution in [2.45, 2.75) is 47.0 Å². The van der Waals surface area contributed by atoms with Gasteiger partial charge in [-0.3, -0.25) is 0 Å². The number of aromatic carboxylic acids is 1. The maximum absolute atomic E-state index is 11.0. The highest BCUT2D eigenvalue weighted by Crippen LogP contribution is 2.26. The Hall–Kier alpha value is -0.900. The van der Waals surface area contributed by atoms with Gasteiger partial charge in [0, 0.05) is 6.42 Å². The number of carboxylic acid groups (broad SMARTS) is 1. The second-order valence-corrected chi connectivity index (χ2v) is 6.26. The Kier molecular flexibility index (Phi) is 4.08. The highest BCUT2D eigenvalue weighted by molar-refractivity contribution is 7.13. The zero-order chi connectivity index (χ0) is 12.3. The van der Waals surface area contributed by atoms with Gasteiger partial charge in [0.2, 0.25) is 0 Å². The number of thiazole rings is 1. The molecule has 0 unspecified atom stereocenters. The van der Waals surface area contributed by atoms with Crippen LogP contribution >= 0.6 is 11.3 Å². The highest BCUT2D eigenvalue weighted by Gasteiger charge is 2.20. The van der Waals surface area contributed by atoms with Crippen LogP contribution in [0.2, 0.25) is 0 Å². The van der Waals surface area contributed by atoms with E-state index in [0.717, 1.165) is 30.0 Å². The third-order valence-electron chi connectivity index (χ3n) is 2.10. The van der Waals surface area contributed by atoms with Crippen LogP contribution in [0, 0.1) is 5.41 Å². The molecule has 1 aromatic heterocycles. The van der Waals surface area contributed by atoms with Gasteiger partial charge in [-0.2, -0.15) is 0 Å². The lowest BCUT2D eigenvalue weighted by Crippen LogP contribution is -2.08. The lowest BCUT2D eigenvalue weighted by molar-refractivity contribution is 0.0700. The van der Waals surface area contributed by atoms with Crippen molar-refractivity contribution in [1.82, 2.24) is 4.98 Å². The lowest BCUT2D eigenvalue weighted by atomic mass is 9.93. The van der Waals surface area contributed by atoms with E-state index in [2.05, 4.69) is 25.8 Å². The summed E-state index contributed by atoms with van der Waals surface area (Å²) in [6.45, 7) is 8.44. The molecule has 0 amide bonds. The summed E-state index contributed by atoms with van der Waals surface area (Å²) in [5.41, 5.74) is 0.899. The molecule has 0 aliphatic rings. The Morgan fingerprint density at radius 1 is 1.44 bits per heavy atom. The number of carboxylic acids is 1. The SMILES string of the molecule is CCCc1nc(CC(C)(C)C)sc1C(=O)O. The van der Waals surface area contributed by atoms with E-state index < -0.39 is 5.97 Å². The van der Waals surface area contributed by atoms with E-state index in [1.807, 2.05) is 6.92 Å². The molecule has 0 aliphatic heterocycles. The molecule has 0 fully saturated rings. The second kappa shape index (κ2) is 4.95. The second-order valence-electron chi connectivity index (χ2n) is 5.18. The quantitative estimate of drug-likeness (QED) is 0.879. The van der Waals surface area contributed by atoms with Crippen LogP contribution in [0.3, 0.4) is 0 Å². The van der Waals surface area contributed by atoms with E-state index in [-0.39, 0.29) is 5.41 Å². The van der Waals surface area contributed by atoms with Crippen LogP contribution in [-0.2, 0) is 12.8 Å². The minimum atomic E-state index is -0.846. The Morgan fingerprint density at radius 3 is 2.50 bits per heavy atom.